The summed E-state index contributed by atoms with van der Waals surface area (Å²) < 4.78 is 0. The Morgan fingerprint density at radius 2 is 2.50 bits per heavy atom. The molecule has 0 saturated carbocycles. The van der Waals surface area contributed by atoms with Gasteiger partial charge in [-0.15, -0.1) is 0 Å². The van der Waals surface area contributed by atoms with E-state index < -0.39 is 0 Å². The molecule has 1 aliphatic carbocycles. The van der Waals surface area contributed by atoms with Gasteiger partial charge in [-0.3, -0.25) is 4.79 Å². The minimum absolute atomic E-state index is 0.160. The third-order valence-electron chi connectivity index (χ3n) is 1.27. The Balaban J connectivity index is 2.60. The zero-order chi connectivity index (χ0) is 5.98. The summed E-state index contributed by atoms with van der Waals surface area (Å²) in [6.45, 7) is 0. The van der Waals surface area contributed by atoms with Crippen LogP contribution in [0.3, 0.4) is 0 Å². The lowest BCUT2D eigenvalue weighted by Crippen LogP contribution is -2.29. The largest absolute Gasteiger partial charge is 0.318 e. The molecular weight excluding hydrogens is 102 g/mol. The predicted molar refractivity (Wildman–Crippen MR) is 31.4 cm³/mol. The van der Waals surface area contributed by atoms with Crippen LogP contribution in [-0.4, -0.2) is 11.8 Å². The maximum Gasteiger partial charge on any atom is 0.153 e. The number of allylic oxidation sites excluding steroid dienone is 1. The number of nitrogens with two attached hydrogens (primary N) is 1. The van der Waals surface area contributed by atoms with E-state index in [0.29, 0.717) is 6.42 Å². The zero-order valence-corrected chi connectivity index (χ0v) is 4.63. The van der Waals surface area contributed by atoms with Gasteiger partial charge in [-0.05, 0) is 6.42 Å². The van der Waals surface area contributed by atoms with E-state index in [1.54, 1.807) is 6.08 Å². The fourth-order valence-corrected chi connectivity index (χ4v) is 0.742. The lowest BCUT2D eigenvalue weighted by atomic mass is 10.0. The second kappa shape index (κ2) is 2.09. The molecule has 0 aromatic heterocycles. The predicted octanol–water partition coefficient (Wildman–Crippen LogP) is 0.233. The third kappa shape index (κ3) is 0.954. The van der Waals surface area contributed by atoms with Crippen LogP contribution in [0.15, 0.2) is 12.2 Å². The quantitative estimate of drug-likeness (QED) is 0.455. The fourth-order valence-electron chi connectivity index (χ4n) is 0.742. The van der Waals surface area contributed by atoms with Crippen molar-refractivity contribution in [2.45, 2.75) is 18.9 Å². The molecule has 0 aromatic carbocycles. The van der Waals surface area contributed by atoms with Crippen LogP contribution in [0.2, 0.25) is 0 Å². The summed E-state index contributed by atoms with van der Waals surface area (Å²) in [5, 5.41) is 0. The van der Waals surface area contributed by atoms with Crippen LogP contribution in [0.5, 0.6) is 0 Å². The van der Waals surface area contributed by atoms with Crippen LogP contribution in [0.4, 0.5) is 0 Å². The molecule has 0 radical (unpaired) electrons. The molecule has 0 amide bonds. The number of hydrogen-bond donors (Lipinski definition) is 1. The molecule has 1 unspecified atom stereocenters. The smallest absolute Gasteiger partial charge is 0.153 e. The van der Waals surface area contributed by atoms with Gasteiger partial charge in [0.2, 0.25) is 0 Å². The van der Waals surface area contributed by atoms with Gasteiger partial charge in [0.15, 0.2) is 5.78 Å². The van der Waals surface area contributed by atoms with Crippen LogP contribution < -0.4 is 5.73 Å². The molecule has 0 fully saturated rings. The van der Waals surface area contributed by atoms with Gasteiger partial charge in [-0.1, -0.05) is 12.2 Å². The minimum atomic E-state index is -0.316. The Morgan fingerprint density at radius 1 is 1.75 bits per heavy atom. The molecule has 8 heavy (non-hydrogen) atoms. The molecule has 1 rings (SSSR count). The number of ketones is 1. The van der Waals surface area contributed by atoms with Crippen molar-refractivity contribution in [3.63, 3.8) is 0 Å². The molecule has 2 nitrogen and oxygen atoms in total. The maximum atomic E-state index is 10.6. The lowest BCUT2D eigenvalue weighted by Gasteiger charge is -2.07. The molecule has 0 spiro atoms. The highest BCUT2D eigenvalue weighted by Crippen LogP contribution is 2.03. The first-order valence-electron chi connectivity index (χ1n) is 2.75. The van der Waals surface area contributed by atoms with E-state index in [1.165, 1.54) is 0 Å². The summed E-state index contributed by atoms with van der Waals surface area (Å²) in [7, 11) is 0. The van der Waals surface area contributed by atoms with E-state index in [2.05, 4.69) is 0 Å². The Bertz CT molecular complexity index is 128. The highest BCUT2D eigenvalue weighted by atomic mass is 16.1. The molecule has 44 valence electrons. The maximum absolute atomic E-state index is 10.6. The average Bonchev–Trinajstić information content (AvgIpc) is 1.77. The van der Waals surface area contributed by atoms with Gasteiger partial charge in [-0.2, -0.15) is 0 Å². The monoisotopic (exact) mass is 111 g/mol. The van der Waals surface area contributed by atoms with E-state index in [0.717, 1.165) is 6.42 Å². The number of hydrogen-bond acceptors (Lipinski definition) is 2. The lowest BCUT2D eigenvalue weighted by molar-refractivity contribution is -0.119. The number of Topliss-reactive ketones (excluding diaryl/α,β-unsaturated/α-hetero) is 1. The fraction of sp³-hybridized carbons (Fsp3) is 0.500. The molecule has 0 aromatic rings. The van der Waals surface area contributed by atoms with Gasteiger partial charge < -0.3 is 5.73 Å². The summed E-state index contributed by atoms with van der Waals surface area (Å²) in [6.07, 6.45) is 5.20. The van der Waals surface area contributed by atoms with Crippen molar-refractivity contribution in [2.24, 2.45) is 5.73 Å². The molecule has 0 heterocycles. The molecule has 1 atom stereocenters. The van der Waals surface area contributed by atoms with Crippen LogP contribution in [0.25, 0.3) is 0 Å². The number of carbonyl (C=O) groups excluding carboxylic acids is 1. The van der Waals surface area contributed by atoms with E-state index in [-0.39, 0.29) is 11.8 Å². The standard InChI is InChI=1S/C6H9NO/c7-5-3-1-2-4-6(5)8/h1,3,5H,2,4,7H2. The van der Waals surface area contributed by atoms with Crippen LogP contribution in [0, 0.1) is 0 Å². The van der Waals surface area contributed by atoms with Crippen molar-refractivity contribution in [1.29, 1.82) is 0 Å². The van der Waals surface area contributed by atoms with Gasteiger partial charge in [-0.25, -0.2) is 0 Å². The summed E-state index contributed by atoms with van der Waals surface area (Å²) in [5.74, 6) is 0.160. The first kappa shape index (κ1) is 5.51. The molecule has 2 N–H and O–H groups in total. The first-order chi connectivity index (χ1) is 3.80. The molecule has 1 aliphatic rings. The number of carbonyl (C=O) groups is 1. The van der Waals surface area contributed by atoms with E-state index in [9.17, 15) is 4.79 Å². The van der Waals surface area contributed by atoms with Crippen molar-refractivity contribution in [2.75, 3.05) is 0 Å². The Labute approximate surface area is 48.4 Å². The summed E-state index contributed by atoms with van der Waals surface area (Å²) >= 11 is 0. The van der Waals surface area contributed by atoms with Crippen molar-refractivity contribution in [3.05, 3.63) is 12.2 Å². The molecule has 0 aliphatic heterocycles. The minimum Gasteiger partial charge on any atom is -0.318 e. The highest BCUT2D eigenvalue weighted by molar-refractivity contribution is 5.86. The topological polar surface area (TPSA) is 43.1 Å². The summed E-state index contributed by atoms with van der Waals surface area (Å²) in [6, 6.07) is -0.316. The second-order valence-corrected chi connectivity index (χ2v) is 1.96. The third-order valence-corrected chi connectivity index (χ3v) is 1.27. The van der Waals surface area contributed by atoms with Gasteiger partial charge in [0, 0.05) is 6.42 Å². The molecule has 0 saturated heterocycles. The second-order valence-electron chi connectivity index (χ2n) is 1.96. The van der Waals surface area contributed by atoms with Crippen molar-refractivity contribution in [3.8, 4) is 0 Å². The zero-order valence-electron chi connectivity index (χ0n) is 4.63. The molecular formula is C6H9NO. The van der Waals surface area contributed by atoms with Crippen LogP contribution in [-0.2, 0) is 4.79 Å². The van der Waals surface area contributed by atoms with Gasteiger partial charge in [0.05, 0.1) is 6.04 Å². The number of rotatable bonds is 0. The first-order valence-corrected chi connectivity index (χ1v) is 2.75. The SMILES string of the molecule is NC1C=CCCC1=O. The van der Waals surface area contributed by atoms with Crippen molar-refractivity contribution >= 4 is 5.78 Å². The Kier molecular flexibility index (Phi) is 1.44. The highest BCUT2D eigenvalue weighted by Gasteiger charge is 2.11. The normalized spacial score (nSPS) is 28.6. The van der Waals surface area contributed by atoms with Gasteiger partial charge >= 0.3 is 0 Å². The van der Waals surface area contributed by atoms with Crippen LogP contribution in [0.1, 0.15) is 12.8 Å². The molecule has 2 heteroatoms. The average molecular weight is 111 g/mol. The van der Waals surface area contributed by atoms with Gasteiger partial charge in [0.1, 0.15) is 0 Å². The van der Waals surface area contributed by atoms with E-state index in [1.807, 2.05) is 6.08 Å². The molecule has 0 bridgehead atoms. The van der Waals surface area contributed by atoms with Crippen molar-refractivity contribution in [1.82, 2.24) is 0 Å². The van der Waals surface area contributed by atoms with E-state index in [4.69, 9.17) is 5.73 Å². The summed E-state index contributed by atoms with van der Waals surface area (Å²) in [5.41, 5.74) is 5.34. The van der Waals surface area contributed by atoms with Crippen LogP contribution >= 0.6 is 0 Å². The Hall–Kier alpha value is -0.630. The Morgan fingerprint density at radius 3 is 2.88 bits per heavy atom. The van der Waals surface area contributed by atoms with Gasteiger partial charge in [0.25, 0.3) is 0 Å². The van der Waals surface area contributed by atoms with Crippen molar-refractivity contribution < 1.29 is 4.79 Å². The van der Waals surface area contributed by atoms with E-state index >= 15 is 0 Å². The summed E-state index contributed by atoms with van der Waals surface area (Å²) in [4.78, 5) is 10.6.